The maximum atomic E-state index is 13.0. The lowest BCUT2D eigenvalue weighted by Gasteiger charge is -2.38. The Kier molecular flexibility index (Phi) is 6.36. The molecule has 0 N–H and O–H groups in total. The molecular formula is C22H33N3O2S. The normalized spacial score (nSPS) is 23.2. The van der Waals surface area contributed by atoms with Crippen LogP contribution in [0.15, 0.2) is 11.4 Å². The fourth-order valence-electron chi connectivity index (χ4n) is 4.94. The van der Waals surface area contributed by atoms with Crippen molar-refractivity contribution in [1.29, 1.82) is 0 Å². The van der Waals surface area contributed by atoms with Gasteiger partial charge in [-0.1, -0.05) is 12.8 Å². The molecule has 1 aromatic heterocycles. The number of amides is 2. The van der Waals surface area contributed by atoms with E-state index in [1.807, 2.05) is 23.2 Å². The van der Waals surface area contributed by atoms with Gasteiger partial charge < -0.3 is 9.80 Å². The van der Waals surface area contributed by atoms with E-state index in [0.29, 0.717) is 5.91 Å². The Hall–Kier alpha value is -1.40. The summed E-state index contributed by atoms with van der Waals surface area (Å²) >= 11 is 1.81. The third-order valence-electron chi connectivity index (χ3n) is 6.82. The van der Waals surface area contributed by atoms with Crippen LogP contribution in [0.4, 0.5) is 0 Å². The summed E-state index contributed by atoms with van der Waals surface area (Å²) in [6.07, 6.45) is 7.58. The van der Waals surface area contributed by atoms with Crippen LogP contribution in [0.25, 0.3) is 0 Å². The molecule has 0 spiro atoms. The van der Waals surface area contributed by atoms with E-state index in [4.69, 9.17) is 0 Å². The van der Waals surface area contributed by atoms with E-state index in [1.165, 1.54) is 23.3 Å². The minimum absolute atomic E-state index is 0.0885. The van der Waals surface area contributed by atoms with Crippen LogP contribution in [-0.2, 0) is 22.6 Å². The summed E-state index contributed by atoms with van der Waals surface area (Å²) < 4.78 is 0. The molecule has 3 aliphatic rings. The van der Waals surface area contributed by atoms with Gasteiger partial charge in [0.25, 0.3) is 0 Å². The van der Waals surface area contributed by atoms with Crippen molar-refractivity contribution < 1.29 is 9.59 Å². The maximum Gasteiger partial charge on any atom is 0.239 e. The predicted molar refractivity (Wildman–Crippen MR) is 112 cm³/mol. The van der Waals surface area contributed by atoms with Gasteiger partial charge in [0.1, 0.15) is 0 Å². The molecule has 154 valence electrons. The molecule has 1 atom stereocenters. The number of carbonyl (C=O) groups excluding carboxylic acids is 2. The molecule has 6 heteroatoms. The van der Waals surface area contributed by atoms with E-state index in [9.17, 15) is 9.59 Å². The lowest BCUT2D eigenvalue weighted by molar-refractivity contribution is -0.140. The van der Waals surface area contributed by atoms with Crippen LogP contribution >= 0.6 is 11.3 Å². The van der Waals surface area contributed by atoms with Crippen molar-refractivity contribution in [1.82, 2.24) is 14.7 Å². The highest BCUT2D eigenvalue weighted by molar-refractivity contribution is 7.10. The second kappa shape index (κ2) is 8.95. The Balaban J connectivity index is 1.28. The van der Waals surface area contributed by atoms with Crippen molar-refractivity contribution in [3.63, 3.8) is 0 Å². The molecule has 4 rings (SSSR count). The number of rotatable bonds is 3. The van der Waals surface area contributed by atoms with Gasteiger partial charge >= 0.3 is 0 Å². The molecule has 1 aromatic rings. The standard InChI is InChI=1S/C22H33N3O2S/c1-17(21(26)25-14-8-20-19(16-25)9-15-28-20)23-12-6-18(7-13-23)22(27)24-10-4-2-3-5-11-24/h9,15,17-18H,2-8,10-14,16H2,1H3. The molecule has 2 fully saturated rings. The van der Waals surface area contributed by atoms with Crippen molar-refractivity contribution in [2.45, 2.75) is 64.5 Å². The van der Waals surface area contributed by atoms with Gasteiger partial charge in [0.05, 0.1) is 6.04 Å². The molecule has 4 heterocycles. The minimum Gasteiger partial charge on any atom is -0.342 e. The number of thiophene rings is 1. The van der Waals surface area contributed by atoms with Gasteiger partial charge in [-0.25, -0.2) is 0 Å². The van der Waals surface area contributed by atoms with Crippen molar-refractivity contribution in [3.05, 3.63) is 21.9 Å². The number of hydrogen-bond acceptors (Lipinski definition) is 4. The molecule has 1 unspecified atom stereocenters. The molecule has 0 radical (unpaired) electrons. The molecule has 0 bridgehead atoms. The summed E-state index contributed by atoms with van der Waals surface area (Å²) in [5, 5.41) is 2.13. The number of fused-ring (bicyclic) bond motifs is 1. The lowest BCUT2D eigenvalue weighted by atomic mass is 9.94. The van der Waals surface area contributed by atoms with Crippen molar-refractivity contribution in [2.24, 2.45) is 5.92 Å². The van der Waals surface area contributed by atoms with E-state index >= 15 is 0 Å². The predicted octanol–water partition coefficient (Wildman–Crippen LogP) is 3.14. The first kappa shape index (κ1) is 19.9. The number of piperidine rings is 1. The Morgan fingerprint density at radius 1 is 1.00 bits per heavy atom. The fraction of sp³-hybridized carbons (Fsp3) is 0.727. The van der Waals surface area contributed by atoms with E-state index in [0.717, 1.165) is 71.4 Å². The van der Waals surface area contributed by atoms with Crippen molar-refractivity contribution in [2.75, 3.05) is 32.7 Å². The first-order chi connectivity index (χ1) is 13.6. The van der Waals surface area contributed by atoms with Crippen LogP contribution in [-0.4, -0.2) is 65.3 Å². The Labute approximate surface area is 172 Å². The van der Waals surface area contributed by atoms with Crippen molar-refractivity contribution in [3.8, 4) is 0 Å². The largest absolute Gasteiger partial charge is 0.342 e. The smallest absolute Gasteiger partial charge is 0.239 e. The van der Waals surface area contributed by atoms with Crippen LogP contribution in [0.1, 0.15) is 55.9 Å². The average molecular weight is 404 g/mol. The lowest BCUT2D eigenvalue weighted by Crippen LogP contribution is -2.51. The fourth-order valence-corrected chi connectivity index (χ4v) is 5.83. The van der Waals surface area contributed by atoms with E-state index in [2.05, 4.69) is 21.2 Å². The molecule has 0 saturated carbocycles. The molecule has 3 aliphatic heterocycles. The molecule has 0 aliphatic carbocycles. The molecule has 2 saturated heterocycles. The Morgan fingerprint density at radius 2 is 1.71 bits per heavy atom. The van der Waals surface area contributed by atoms with E-state index in [-0.39, 0.29) is 17.9 Å². The Bertz CT molecular complexity index is 688. The maximum absolute atomic E-state index is 13.0. The third kappa shape index (κ3) is 4.28. The highest BCUT2D eigenvalue weighted by atomic mass is 32.1. The highest BCUT2D eigenvalue weighted by Crippen LogP contribution is 2.26. The summed E-state index contributed by atoms with van der Waals surface area (Å²) in [7, 11) is 0. The number of carbonyl (C=O) groups is 2. The van der Waals surface area contributed by atoms with Crippen LogP contribution in [0.3, 0.4) is 0 Å². The SMILES string of the molecule is CC(C(=O)N1CCc2sccc2C1)N1CCC(C(=O)N2CCCCCC2)CC1. The van der Waals surface area contributed by atoms with Gasteiger partial charge in [-0.3, -0.25) is 14.5 Å². The Morgan fingerprint density at radius 3 is 2.43 bits per heavy atom. The van der Waals surface area contributed by atoms with Gasteiger partial charge in [0.15, 0.2) is 0 Å². The average Bonchev–Trinajstić information content (AvgIpc) is 3.04. The van der Waals surface area contributed by atoms with Crippen LogP contribution in [0.5, 0.6) is 0 Å². The summed E-state index contributed by atoms with van der Waals surface area (Å²) in [6.45, 7) is 7.22. The van der Waals surface area contributed by atoms with Gasteiger partial charge in [0.2, 0.25) is 11.8 Å². The van der Waals surface area contributed by atoms with Gasteiger partial charge in [0, 0.05) is 37.0 Å². The van der Waals surface area contributed by atoms with Crippen molar-refractivity contribution >= 4 is 23.2 Å². The highest BCUT2D eigenvalue weighted by Gasteiger charge is 2.34. The molecule has 2 amide bonds. The van der Waals surface area contributed by atoms with Gasteiger partial charge in [-0.05, 0) is 69.1 Å². The zero-order chi connectivity index (χ0) is 19.5. The van der Waals surface area contributed by atoms with Crippen LogP contribution in [0.2, 0.25) is 0 Å². The first-order valence-corrected chi connectivity index (χ1v) is 11.9. The monoisotopic (exact) mass is 403 g/mol. The second-order valence-corrected chi connectivity index (χ2v) is 9.61. The quantitative estimate of drug-likeness (QED) is 0.779. The van der Waals surface area contributed by atoms with Crippen LogP contribution < -0.4 is 0 Å². The van der Waals surface area contributed by atoms with E-state index < -0.39 is 0 Å². The zero-order valence-corrected chi connectivity index (χ0v) is 17.9. The minimum atomic E-state index is -0.0885. The second-order valence-electron chi connectivity index (χ2n) is 8.60. The summed E-state index contributed by atoms with van der Waals surface area (Å²) in [5.74, 6) is 0.760. The molecule has 5 nitrogen and oxygen atoms in total. The number of hydrogen-bond donors (Lipinski definition) is 0. The first-order valence-electron chi connectivity index (χ1n) is 11.0. The molecular weight excluding hydrogens is 370 g/mol. The van der Waals surface area contributed by atoms with Gasteiger partial charge in [-0.15, -0.1) is 11.3 Å². The number of likely N-dealkylation sites (tertiary alicyclic amines) is 2. The topological polar surface area (TPSA) is 43.9 Å². The van der Waals surface area contributed by atoms with E-state index in [1.54, 1.807) is 0 Å². The third-order valence-corrected chi connectivity index (χ3v) is 7.84. The number of nitrogens with zero attached hydrogens (tertiary/aromatic N) is 3. The summed E-state index contributed by atoms with van der Waals surface area (Å²) in [6, 6.07) is 2.07. The molecule has 28 heavy (non-hydrogen) atoms. The zero-order valence-electron chi connectivity index (χ0n) is 17.1. The van der Waals surface area contributed by atoms with Gasteiger partial charge in [-0.2, -0.15) is 0 Å². The molecule has 0 aromatic carbocycles. The van der Waals surface area contributed by atoms with Crippen LogP contribution in [0, 0.1) is 5.92 Å². The summed E-state index contributed by atoms with van der Waals surface area (Å²) in [4.78, 5) is 33.8. The summed E-state index contributed by atoms with van der Waals surface area (Å²) in [5.41, 5.74) is 1.32.